The molecule has 2 unspecified atom stereocenters. The third kappa shape index (κ3) is 3.65. The molecular formula is C14H19ClN2OS. The largest absolute Gasteiger partial charge is 0.349 e. The fourth-order valence-corrected chi connectivity index (χ4v) is 3.51. The minimum absolute atomic E-state index is 0.0257. The van der Waals surface area contributed by atoms with Crippen molar-refractivity contribution in [2.45, 2.75) is 24.3 Å². The average molecular weight is 299 g/mol. The molecule has 1 heterocycles. The molecule has 1 aromatic carbocycles. The van der Waals surface area contributed by atoms with Crippen LogP contribution in [0.15, 0.2) is 23.1 Å². The quantitative estimate of drug-likeness (QED) is 0.898. The second-order valence-electron chi connectivity index (χ2n) is 4.84. The first-order valence-corrected chi connectivity index (χ1v) is 7.85. The highest BCUT2D eigenvalue weighted by Crippen LogP contribution is 2.37. The number of nitrogens with one attached hydrogen (secondary N) is 2. The molecule has 3 nitrogen and oxygen atoms in total. The first kappa shape index (κ1) is 14.7. The molecule has 0 saturated carbocycles. The van der Waals surface area contributed by atoms with Crippen LogP contribution in [0.3, 0.4) is 0 Å². The van der Waals surface area contributed by atoms with E-state index in [9.17, 15) is 4.79 Å². The third-order valence-electron chi connectivity index (χ3n) is 3.29. The number of carbonyl (C=O) groups excluding carboxylic acids is 1. The Kier molecular flexibility index (Phi) is 5.13. The maximum atomic E-state index is 12.1. The van der Waals surface area contributed by atoms with Gasteiger partial charge in [-0.05, 0) is 37.2 Å². The first-order chi connectivity index (χ1) is 9.11. The van der Waals surface area contributed by atoms with Crippen molar-refractivity contribution in [1.29, 1.82) is 0 Å². The molecule has 1 aliphatic heterocycles. The van der Waals surface area contributed by atoms with E-state index < -0.39 is 0 Å². The second-order valence-corrected chi connectivity index (χ2v) is 6.41. The zero-order chi connectivity index (χ0) is 13.8. The van der Waals surface area contributed by atoms with E-state index in [1.165, 1.54) is 4.90 Å². The molecule has 0 saturated heterocycles. The van der Waals surface area contributed by atoms with Crippen molar-refractivity contribution in [2.75, 3.05) is 19.3 Å². The van der Waals surface area contributed by atoms with Gasteiger partial charge in [0, 0.05) is 28.1 Å². The van der Waals surface area contributed by atoms with Gasteiger partial charge in [-0.15, -0.1) is 11.8 Å². The monoisotopic (exact) mass is 298 g/mol. The highest BCUT2D eigenvalue weighted by Gasteiger charge is 2.24. The Balaban J connectivity index is 2.11. The molecular weight excluding hydrogens is 280 g/mol. The minimum atomic E-state index is -0.0257. The van der Waals surface area contributed by atoms with Gasteiger partial charge in [-0.1, -0.05) is 18.5 Å². The van der Waals surface area contributed by atoms with Crippen molar-refractivity contribution in [2.24, 2.45) is 5.92 Å². The number of hydrogen-bond acceptors (Lipinski definition) is 3. The summed E-state index contributed by atoms with van der Waals surface area (Å²) >= 11 is 7.88. The van der Waals surface area contributed by atoms with Gasteiger partial charge in [-0.25, -0.2) is 0 Å². The Morgan fingerprint density at radius 2 is 2.37 bits per heavy atom. The van der Waals surface area contributed by atoms with Crippen molar-refractivity contribution >= 4 is 29.3 Å². The molecule has 0 fully saturated rings. The zero-order valence-electron chi connectivity index (χ0n) is 11.2. The number of thioether (sulfide) groups is 1. The van der Waals surface area contributed by atoms with Gasteiger partial charge in [-0.2, -0.15) is 0 Å². The number of carbonyl (C=O) groups is 1. The molecule has 0 aliphatic carbocycles. The van der Waals surface area contributed by atoms with Crippen LogP contribution in [0.25, 0.3) is 0 Å². The van der Waals surface area contributed by atoms with Crippen LogP contribution >= 0.6 is 23.4 Å². The number of fused-ring (bicyclic) bond motifs is 1. The topological polar surface area (TPSA) is 41.1 Å². The van der Waals surface area contributed by atoms with Crippen LogP contribution in [0, 0.1) is 5.92 Å². The third-order valence-corrected chi connectivity index (χ3v) is 4.64. The maximum absolute atomic E-state index is 12.1. The summed E-state index contributed by atoms with van der Waals surface area (Å²) in [7, 11) is 1.86. The number of hydrogen-bond donors (Lipinski definition) is 2. The Hall–Kier alpha value is -0.710. The number of halogens is 1. The van der Waals surface area contributed by atoms with Crippen LogP contribution in [-0.4, -0.2) is 25.3 Å². The number of amides is 1. The second kappa shape index (κ2) is 6.64. The molecule has 2 N–H and O–H groups in total. The van der Waals surface area contributed by atoms with E-state index in [2.05, 4.69) is 10.6 Å². The summed E-state index contributed by atoms with van der Waals surface area (Å²) in [5.74, 6) is 1.10. The summed E-state index contributed by atoms with van der Waals surface area (Å²) < 4.78 is 0. The van der Waals surface area contributed by atoms with E-state index in [0.717, 1.165) is 22.8 Å². The van der Waals surface area contributed by atoms with Gasteiger partial charge in [0.15, 0.2) is 0 Å². The van der Waals surface area contributed by atoms with Crippen molar-refractivity contribution in [1.82, 2.24) is 10.6 Å². The van der Waals surface area contributed by atoms with Crippen LogP contribution in [0.5, 0.6) is 0 Å². The van der Waals surface area contributed by atoms with Gasteiger partial charge in [0.2, 0.25) is 5.91 Å². The fraction of sp³-hybridized carbons (Fsp3) is 0.500. The van der Waals surface area contributed by atoms with Gasteiger partial charge >= 0.3 is 0 Å². The highest BCUT2D eigenvalue weighted by atomic mass is 35.5. The lowest BCUT2D eigenvalue weighted by molar-refractivity contribution is -0.125. The van der Waals surface area contributed by atoms with E-state index >= 15 is 0 Å². The summed E-state index contributed by atoms with van der Waals surface area (Å²) in [6, 6.07) is 6.00. The summed E-state index contributed by atoms with van der Waals surface area (Å²) in [4.78, 5) is 13.3. The molecule has 5 heteroatoms. The highest BCUT2D eigenvalue weighted by molar-refractivity contribution is 7.99. The number of benzene rings is 1. The standard InChI is InChI=1S/C14H19ClN2OS/c1-9(8-16-2)14(18)17-12-5-6-19-13-4-3-10(15)7-11(12)13/h3-4,7,9,12,16H,5-6,8H2,1-2H3,(H,17,18). The molecule has 1 aromatic rings. The lowest BCUT2D eigenvalue weighted by atomic mass is 10.0. The molecule has 19 heavy (non-hydrogen) atoms. The van der Waals surface area contributed by atoms with Gasteiger partial charge in [0.1, 0.15) is 0 Å². The Morgan fingerprint density at radius 3 is 3.11 bits per heavy atom. The van der Waals surface area contributed by atoms with Crippen molar-refractivity contribution < 1.29 is 4.79 Å². The van der Waals surface area contributed by atoms with E-state index in [4.69, 9.17) is 11.6 Å². The lowest BCUT2D eigenvalue weighted by Crippen LogP contribution is -2.37. The van der Waals surface area contributed by atoms with E-state index in [0.29, 0.717) is 6.54 Å². The average Bonchev–Trinajstić information content (AvgIpc) is 2.39. The number of rotatable bonds is 4. The van der Waals surface area contributed by atoms with Crippen molar-refractivity contribution in [3.8, 4) is 0 Å². The van der Waals surface area contributed by atoms with Crippen LogP contribution in [0.4, 0.5) is 0 Å². The SMILES string of the molecule is CNCC(C)C(=O)NC1CCSc2ccc(Cl)cc21. The minimum Gasteiger partial charge on any atom is -0.349 e. The molecule has 104 valence electrons. The predicted octanol–water partition coefficient (Wildman–Crippen LogP) is 2.85. The molecule has 2 rings (SSSR count). The molecule has 0 aromatic heterocycles. The lowest BCUT2D eigenvalue weighted by Gasteiger charge is -2.27. The molecule has 0 spiro atoms. The van der Waals surface area contributed by atoms with Crippen molar-refractivity contribution in [3.05, 3.63) is 28.8 Å². The normalized spacial score (nSPS) is 19.6. The summed E-state index contributed by atoms with van der Waals surface area (Å²) in [6.07, 6.45) is 0.954. The van der Waals surface area contributed by atoms with E-state index in [1.807, 2.05) is 43.9 Å². The zero-order valence-corrected chi connectivity index (χ0v) is 12.8. The van der Waals surface area contributed by atoms with E-state index in [-0.39, 0.29) is 17.9 Å². The molecule has 1 amide bonds. The summed E-state index contributed by atoms with van der Waals surface area (Å²) in [5.41, 5.74) is 1.15. The van der Waals surface area contributed by atoms with Gasteiger partial charge in [0.05, 0.1) is 6.04 Å². The summed E-state index contributed by atoms with van der Waals surface area (Å²) in [5, 5.41) is 6.89. The van der Waals surface area contributed by atoms with Crippen LogP contribution in [-0.2, 0) is 4.79 Å². The fourth-order valence-electron chi connectivity index (χ4n) is 2.23. The maximum Gasteiger partial charge on any atom is 0.224 e. The van der Waals surface area contributed by atoms with Gasteiger partial charge < -0.3 is 10.6 Å². The molecule has 2 atom stereocenters. The Labute approximate surface area is 123 Å². The van der Waals surface area contributed by atoms with Crippen LogP contribution < -0.4 is 10.6 Å². The van der Waals surface area contributed by atoms with Gasteiger partial charge in [-0.3, -0.25) is 4.79 Å². The molecule has 0 radical (unpaired) electrons. The predicted molar refractivity (Wildman–Crippen MR) is 80.8 cm³/mol. The van der Waals surface area contributed by atoms with Crippen LogP contribution in [0.2, 0.25) is 5.02 Å². The Bertz CT molecular complexity index is 467. The molecule has 1 aliphatic rings. The van der Waals surface area contributed by atoms with Crippen molar-refractivity contribution in [3.63, 3.8) is 0 Å². The van der Waals surface area contributed by atoms with Crippen LogP contribution in [0.1, 0.15) is 24.9 Å². The first-order valence-electron chi connectivity index (χ1n) is 6.49. The van der Waals surface area contributed by atoms with Gasteiger partial charge in [0.25, 0.3) is 0 Å². The molecule has 0 bridgehead atoms. The summed E-state index contributed by atoms with van der Waals surface area (Å²) in [6.45, 7) is 2.62. The Morgan fingerprint density at radius 1 is 1.58 bits per heavy atom. The smallest absolute Gasteiger partial charge is 0.224 e. The van der Waals surface area contributed by atoms with E-state index in [1.54, 1.807) is 0 Å².